The fourth-order valence-corrected chi connectivity index (χ4v) is 2.52. The van der Waals surface area contributed by atoms with E-state index in [9.17, 15) is 4.79 Å². The van der Waals surface area contributed by atoms with Crippen LogP contribution in [-0.2, 0) is 4.79 Å². The predicted molar refractivity (Wildman–Crippen MR) is 66.5 cm³/mol. The minimum Gasteiger partial charge on any atom is -0.351 e. The van der Waals surface area contributed by atoms with Crippen LogP contribution < -0.4 is 11.1 Å². The number of benzene rings is 1. The smallest absolute Gasteiger partial charge is 0.240 e. The minimum atomic E-state index is -0.566. The van der Waals surface area contributed by atoms with E-state index in [1.54, 1.807) is 0 Å². The largest absolute Gasteiger partial charge is 0.351 e. The van der Waals surface area contributed by atoms with Crippen LogP contribution in [-0.4, -0.2) is 17.5 Å². The van der Waals surface area contributed by atoms with Gasteiger partial charge in [-0.1, -0.05) is 30.3 Å². The molecule has 3 nitrogen and oxygen atoms in total. The van der Waals surface area contributed by atoms with Gasteiger partial charge in [0, 0.05) is 12.0 Å². The van der Waals surface area contributed by atoms with Gasteiger partial charge < -0.3 is 11.1 Å². The molecule has 3 rings (SSSR count). The van der Waals surface area contributed by atoms with E-state index in [0.717, 1.165) is 25.7 Å². The van der Waals surface area contributed by atoms with Crippen molar-refractivity contribution in [1.82, 2.24) is 5.32 Å². The van der Waals surface area contributed by atoms with Crippen molar-refractivity contribution in [3.8, 4) is 0 Å². The number of hydrogen-bond acceptors (Lipinski definition) is 2. The summed E-state index contributed by atoms with van der Waals surface area (Å²) in [7, 11) is 0. The average Bonchev–Trinajstić information content (AvgIpc) is 3.06. The molecule has 90 valence electrons. The molecular weight excluding hydrogens is 212 g/mol. The summed E-state index contributed by atoms with van der Waals surface area (Å²) < 4.78 is 0. The number of nitrogens with two attached hydrogens (primary N) is 1. The molecule has 2 fully saturated rings. The van der Waals surface area contributed by atoms with E-state index in [0.29, 0.717) is 12.0 Å². The van der Waals surface area contributed by atoms with E-state index in [1.165, 1.54) is 5.56 Å². The zero-order chi connectivity index (χ0) is 11.9. The Morgan fingerprint density at radius 1 is 1.29 bits per heavy atom. The standard InChI is InChI=1S/C14H18N2O/c15-14(7-4-8-14)13(17)16-12-9-11(12)10-5-2-1-3-6-10/h1-3,5-6,11-12H,4,7-9,15H2,(H,16,17). The number of amides is 1. The van der Waals surface area contributed by atoms with Gasteiger partial charge in [-0.05, 0) is 31.2 Å². The number of hydrogen-bond donors (Lipinski definition) is 2. The van der Waals surface area contributed by atoms with Gasteiger partial charge in [0.2, 0.25) is 5.91 Å². The molecule has 2 saturated carbocycles. The molecular formula is C14H18N2O. The zero-order valence-electron chi connectivity index (χ0n) is 9.86. The molecule has 0 heterocycles. The van der Waals surface area contributed by atoms with E-state index >= 15 is 0 Å². The molecule has 1 aromatic rings. The normalized spacial score (nSPS) is 29.2. The maximum absolute atomic E-state index is 11.9. The van der Waals surface area contributed by atoms with Crippen molar-refractivity contribution in [3.05, 3.63) is 35.9 Å². The van der Waals surface area contributed by atoms with Crippen molar-refractivity contribution in [2.24, 2.45) is 5.73 Å². The summed E-state index contributed by atoms with van der Waals surface area (Å²) >= 11 is 0. The highest BCUT2D eigenvalue weighted by Crippen LogP contribution is 2.41. The third-order valence-electron chi connectivity index (χ3n) is 4.03. The Labute approximate surface area is 101 Å². The highest BCUT2D eigenvalue weighted by Gasteiger charge is 2.45. The maximum atomic E-state index is 11.9. The SMILES string of the molecule is NC1(C(=O)NC2CC2c2ccccc2)CCC1. The number of carbonyl (C=O) groups excluding carboxylic acids is 1. The van der Waals surface area contributed by atoms with Crippen LogP contribution in [0.3, 0.4) is 0 Å². The van der Waals surface area contributed by atoms with Crippen LogP contribution in [0.2, 0.25) is 0 Å². The summed E-state index contributed by atoms with van der Waals surface area (Å²) in [5, 5.41) is 3.08. The molecule has 3 heteroatoms. The van der Waals surface area contributed by atoms with Gasteiger partial charge in [-0.25, -0.2) is 0 Å². The maximum Gasteiger partial charge on any atom is 0.240 e. The van der Waals surface area contributed by atoms with Crippen LogP contribution in [0.1, 0.15) is 37.2 Å². The Morgan fingerprint density at radius 2 is 2.00 bits per heavy atom. The highest BCUT2D eigenvalue weighted by molar-refractivity contribution is 5.87. The fourth-order valence-electron chi connectivity index (χ4n) is 2.52. The van der Waals surface area contributed by atoms with Gasteiger partial charge in [-0.3, -0.25) is 4.79 Å². The van der Waals surface area contributed by atoms with Gasteiger partial charge in [-0.15, -0.1) is 0 Å². The quantitative estimate of drug-likeness (QED) is 0.827. The van der Waals surface area contributed by atoms with Gasteiger partial charge >= 0.3 is 0 Å². The summed E-state index contributed by atoms with van der Waals surface area (Å²) in [4.78, 5) is 11.9. The molecule has 17 heavy (non-hydrogen) atoms. The Hall–Kier alpha value is -1.35. The van der Waals surface area contributed by atoms with E-state index in [2.05, 4.69) is 17.4 Å². The van der Waals surface area contributed by atoms with E-state index < -0.39 is 5.54 Å². The monoisotopic (exact) mass is 230 g/mol. The summed E-state index contributed by atoms with van der Waals surface area (Å²) in [6.07, 6.45) is 3.80. The van der Waals surface area contributed by atoms with Crippen LogP contribution >= 0.6 is 0 Å². The summed E-state index contributed by atoms with van der Waals surface area (Å²) in [6.45, 7) is 0. The summed E-state index contributed by atoms with van der Waals surface area (Å²) in [5.74, 6) is 0.538. The van der Waals surface area contributed by atoms with Crippen LogP contribution in [0.25, 0.3) is 0 Å². The van der Waals surface area contributed by atoms with Crippen molar-refractivity contribution < 1.29 is 4.79 Å². The highest BCUT2D eigenvalue weighted by atomic mass is 16.2. The first-order chi connectivity index (χ1) is 8.19. The molecule has 2 aliphatic rings. The van der Waals surface area contributed by atoms with Crippen LogP contribution in [0.15, 0.2) is 30.3 Å². The van der Waals surface area contributed by atoms with E-state index in [-0.39, 0.29) is 5.91 Å². The second kappa shape index (κ2) is 3.84. The summed E-state index contributed by atoms with van der Waals surface area (Å²) in [6, 6.07) is 10.6. The van der Waals surface area contributed by atoms with Crippen LogP contribution in [0.5, 0.6) is 0 Å². The lowest BCUT2D eigenvalue weighted by Gasteiger charge is -2.36. The topological polar surface area (TPSA) is 55.1 Å². The molecule has 0 bridgehead atoms. The van der Waals surface area contributed by atoms with E-state index in [4.69, 9.17) is 5.73 Å². The molecule has 3 N–H and O–H groups in total. The van der Waals surface area contributed by atoms with Crippen molar-refractivity contribution in [2.45, 2.75) is 43.2 Å². The first kappa shape index (κ1) is 10.8. The summed E-state index contributed by atoms with van der Waals surface area (Å²) in [5.41, 5.74) is 6.75. The molecule has 0 radical (unpaired) electrons. The number of carbonyl (C=O) groups is 1. The lowest BCUT2D eigenvalue weighted by Crippen LogP contribution is -2.59. The molecule has 2 unspecified atom stereocenters. The van der Waals surface area contributed by atoms with Gasteiger partial charge in [-0.2, -0.15) is 0 Å². The van der Waals surface area contributed by atoms with Crippen molar-refractivity contribution >= 4 is 5.91 Å². The molecule has 0 aliphatic heterocycles. The van der Waals surface area contributed by atoms with Crippen molar-refractivity contribution in [1.29, 1.82) is 0 Å². The van der Waals surface area contributed by atoms with Crippen LogP contribution in [0, 0.1) is 0 Å². The Kier molecular flexibility index (Phi) is 2.44. The lowest BCUT2D eigenvalue weighted by atomic mass is 9.77. The van der Waals surface area contributed by atoms with Gasteiger partial charge in [0.25, 0.3) is 0 Å². The van der Waals surface area contributed by atoms with Crippen LogP contribution in [0.4, 0.5) is 0 Å². The zero-order valence-corrected chi connectivity index (χ0v) is 9.86. The van der Waals surface area contributed by atoms with Gasteiger partial charge in [0.05, 0.1) is 5.54 Å². The third kappa shape index (κ3) is 1.95. The van der Waals surface area contributed by atoms with Crippen molar-refractivity contribution in [2.75, 3.05) is 0 Å². The second-order valence-electron chi connectivity index (χ2n) is 5.34. The second-order valence-corrected chi connectivity index (χ2v) is 5.34. The molecule has 0 aromatic heterocycles. The first-order valence-electron chi connectivity index (χ1n) is 6.34. The number of rotatable bonds is 3. The molecule has 2 atom stereocenters. The van der Waals surface area contributed by atoms with Gasteiger partial charge in [0.1, 0.15) is 0 Å². The minimum absolute atomic E-state index is 0.0483. The van der Waals surface area contributed by atoms with Gasteiger partial charge in [0.15, 0.2) is 0 Å². The Morgan fingerprint density at radius 3 is 2.59 bits per heavy atom. The predicted octanol–water partition coefficient (Wildman–Crippen LogP) is 1.54. The molecule has 0 spiro atoms. The Bertz CT molecular complexity index is 425. The Balaban J connectivity index is 1.57. The lowest BCUT2D eigenvalue weighted by molar-refractivity contribution is -0.129. The molecule has 1 amide bonds. The average molecular weight is 230 g/mol. The third-order valence-corrected chi connectivity index (χ3v) is 4.03. The fraction of sp³-hybridized carbons (Fsp3) is 0.500. The molecule has 1 aromatic carbocycles. The molecule has 0 saturated heterocycles. The van der Waals surface area contributed by atoms with Crippen molar-refractivity contribution in [3.63, 3.8) is 0 Å². The number of nitrogens with one attached hydrogen (secondary N) is 1. The first-order valence-corrected chi connectivity index (χ1v) is 6.34. The molecule has 2 aliphatic carbocycles. The van der Waals surface area contributed by atoms with E-state index in [1.807, 2.05) is 18.2 Å².